The third-order valence-electron chi connectivity index (χ3n) is 8.44. The van der Waals surface area contributed by atoms with E-state index in [1.54, 1.807) is 0 Å². The van der Waals surface area contributed by atoms with Crippen LogP contribution in [0.2, 0.25) is 0 Å². The van der Waals surface area contributed by atoms with Crippen molar-refractivity contribution in [3.05, 3.63) is 11.6 Å². The Morgan fingerprint density at radius 2 is 1.96 bits per heavy atom. The number of hydrogen-bond donors (Lipinski definition) is 2. The number of allylic oxidation sites excluding steroid dienone is 1. The standard InChI is InChI=1S/C21H32O4/c1-20-9-7-14(25-12-19(23)24)11-13(20)3-4-15-16-5-6-18(22)21(16,2)10-8-17(15)20/h11,14-18,22H,3-10,12H2,1-2H3,(H,23,24)/t14-,15?,16?,17?,18?,20?,21?/m1/s1. The first kappa shape index (κ1) is 17.5. The molecule has 3 fully saturated rings. The van der Waals surface area contributed by atoms with Crippen molar-refractivity contribution >= 4 is 5.97 Å². The molecule has 7 atom stereocenters. The summed E-state index contributed by atoms with van der Waals surface area (Å²) in [7, 11) is 0. The molecule has 0 aromatic carbocycles. The van der Waals surface area contributed by atoms with Crippen LogP contribution in [0, 0.1) is 28.6 Å². The molecule has 6 unspecified atom stereocenters. The van der Waals surface area contributed by atoms with Crippen molar-refractivity contribution in [2.75, 3.05) is 6.61 Å². The van der Waals surface area contributed by atoms with Gasteiger partial charge >= 0.3 is 5.97 Å². The average Bonchev–Trinajstić information content (AvgIpc) is 2.88. The molecule has 0 radical (unpaired) electrons. The lowest BCUT2D eigenvalue weighted by Gasteiger charge is -2.58. The molecule has 0 spiro atoms. The van der Waals surface area contributed by atoms with Crippen LogP contribution in [0.4, 0.5) is 0 Å². The topological polar surface area (TPSA) is 66.8 Å². The maximum Gasteiger partial charge on any atom is 0.329 e. The second kappa shape index (κ2) is 6.09. The van der Waals surface area contributed by atoms with Crippen LogP contribution in [-0.4, -0.2) is 35.0 Å². The lowest BCUT2D eigenvalue weighted by atomic mass is 9.47. The Kier molecular flexibility index (Phi) is 4.27. The third-order valence-corrected chi connectivity index (χ3v) is 8.44. The van der Waals surface area contributed by atoms with E-state index in [1.807, 2.05) is 0 Å². The van der Waals surface area contributed by atoms with Gasteiger partial charge in [0.1, 0.15) is 6.61 Å². The maximum absolute atomic E-state index is 10.8. The highest BCUT2D eigenvalue weighted by Crippen LogP contribution is 2.65. The molecule has 4 aliphatic rings. The third kappa shape index (κ3) is 2.68. The van der Waals surface area contributed by atoms with Crippen LogP contribution in [0.3, 0.4) is 0 Å². The smallest absolute Gasteiger partial charge is 0.329 e. The van der Waals surface area contributed by atoms with Crippen LogP contribution in [0.15, 0.2) is 11.6 Å². The lowest BCUT2D eigenvalue weighted by Crippen LogP contribution is -2.51. The Morgan fingerprint density at radius 1 is 1.16 bits per heavy atom. The number of aliphatic hydroxyl groups is 1. The zero-order chi connectivity index (χ0) is 17.8. The molecule has 4 heteroatoms. The van der Waals surface area contributed by atoms with E-state index in [0.717, 1.165) is 43.9 Å². The van der Waals surface area contributed by atoms with Crippen molar-refractivity contribution in [3.8, 4) is 0 Å². The summed E-state index contributed by atoms with van der Waals surface area (Å²) in [6.45, 7) is 4.57. The maximum atomic E-state index is 10.8. The van der Waals surface area contributed by atoms with Gasteiger partial charge in [-0.15, -0.1) is 0 Å². The Hall–Kier alpha value is -0.870. The van der Waals surface area contributed by atoms with Crippen molar-refractivity contribution in [1.82, 2.24) is 0 Å². The number of fused-ring (bicyclic) bond motifs is 5. The normalized spacial score (nSPS) is 48.9. The zero-order valence-corrected chi connectivity index (χ0v) is 15.5. The Bertz CT molecular complexity index is 584. The predicted octanol–water partition coefficient (Wildman–Crippen LogP) is 3.78. The van der Waals surface area contributed by atoms with Gasteiger partial charge in [0.15, 0.2) is 0 Å². The average molecular weight is 348 g/mol. The Balaban J connectivity index is 1.55. The predicted molar refractivity (Wildman–Crippen MR) is 95.1 cm³/mol. The fourth-order valence-electron chi connectivity index (χ4n) is 6.98. The highest BCUT2D eigenvalue weighted by Gasteiger charge is 2.58. The molecular formula is C21H32O4. The highest BCUT2D eigenvalue weighted by atomic mass is 16.5. The van der Waals surface area contributed by atoms with E-state index in [9.17, 15) is 9.90 Å². The highest BCUT2D eigenvalue weighted by molar-refractivity contribution is 5.68. The molecule has 3 saturated carbocycles. The molecule has 0 aromatic rings. The van der Waals surface area contributed by atoms with Gasteiger partial charge in [-0.1, -0.05) is 25.5 Å². The molecule has 0 heterocycles. The van der Waals surface area contributed by atoms with E-state index in [0.29, 0.717) is 5.92 Å². The summed E-state index contributed by atoms with van der Waals surface area (Å²) in [5, 5.41) is 19.4. The van der Waals surface area contributed by atoms with Gasteiger partial charge in [-0.05, 0) is 80.0 Å². The van der Waals surface area contributed by atoms with Crippen LogP contribution in [0.25, 0.3) is 0 Å². The molecular weight excluding hydrogens is 316 g/mol. The number of carbonyl (C=O) groups is 1. The van der Waals surface area contributed by atoms with Gasteiger partial charge in [0.05, 0.1) is 12.2 Å². The van der Waals surface area contributed by atoms with E-state index in [-0.39, 0.29) is 29.6 Å². The van der Waals surface area contributed by atoms with Crippen molar-refractivity contribution in [2.45, 2.75) is 77.4 Å². The number of carboxylic acids is 1. The first-order chi connectivity index (χ1) is 11.8. The minimum absolute atomic E-state index is 0.0297. The molecule has 4 nitrogen and oxygen atoms in total. The number of hydrogen-bond acceptors (Lipinski definition) is 3. The summed E-state index contributed by atoms with van der Waals surface area (Å²) in [5.41, 5.74) is 1.90. The summed E-state index contributed by atoms with van der Waals surface area (Å²) >= 11 is 0. The molecule has 0 saturated heterocycles. The van der Waals surface area contributed by atoms with Crippen molar-refractivity contribution in [3.63, 3.8) is 0 Å². The summed E-state index contributed by atoms with van der Waals surface area (Å²) < 4.78 is 5.56. The summed E-state index contributed by atoms with van der Waals surface area (Å²) in [6.07, 6.45) is 11.1. The molecule has 2 N–H and O–H groups in total. The van der Waals surface area contributed by atoms with Gasteiger partial charge in [0, 0.05) is 0 Å². The van der Waals surface area contributed by atoms with Gasteiger partial charge in [0.25, 0.3) is 0 Å². The van der Waals surface area contributed by atoms with Crippen molar-refractivity contribution in [1.29, 1.82) is 0 Å². The van der Waals surface area contributed by atoms with Gasteiger partial charge in [0.2, 0.25) is 0 Å². The minimum Gasteiger partial charge on any atom is -0.480 e. The van der Waals surface area contributed by atoms with E-state index >= 15 is 0 Å². The first-order valence-electron chi connectivity index (χ1n) is 10.1. The molecule has 0 aliphatic heterocycles. The summed E-state index contributed by atoms with van der Waals surface area (Å²) in [5.74, 6) is 1.26. The second-order valence-electron chi connectivity index (χ2n) is 9.44. The first-order valence-corrected chi connectivity index (χ1v) is 10.1. The van der Waals surface area contributed by atoms with Gasteiger partial charge in [-0.25, -0.2) is 4.79 Å². The lowest BCUT2D eigenvalue weighted by molar-refractivity contribution is -0.144. The molecule has 0 bridgehead atoms. The van der Waals surface area contributed by atoms with E-state index < -0.39 is 5.97 Å². The largest absolute Gasteiger partial charge is 0.480 e. The summed E-state index contributed by atoms with van der Waals surface area (Å²) in [4.78, 5) is 10.8. The Labute approximate surface area is 150 Å². The van der Waals surface area contributed by atoms with Crippen LogP contribution in [0.5, 0.6) is 0 Å². The van der Waals surface area contributed by atoms with Gasteiger partial charge in [-0.3, -0.25) is 0 Å². The monoisotopic (exact) mass is 348 g/mol. The number of aliphatic carboxylic acids is 1. The molecule has 0 aromatic heterocycles. The Morgan fingerprint density at radius 3 is 2.72 bits per heavy atom. The van der Waals surface area contributed by atoms with Crippen LogP contribution >= 0.6 is 0 Å². The SMILES string of the molecule is CC12CC[C@@H](OCC(=O)O)C=C1CCC1C2CCC2(C)C(O)CCC12. The molecule has 4 aliphatic carbocycles. The van der Waals surface area contributed by atoms with Crippen LogP contribution in [0.1, 0.15) is 65.2 Å². The fourth-order valence-corrected chi connectivity index (χ4v) is 6.98. The molecule has 140 valence electrons. The van der Waals surface area contributed by atoms with Gasteiger partial charge < -0.3 is 14.9 Å². The number of aliphatic hydroxyl groups excluding tert-OH is 1. The number of ether oxygens (including phenoxy) is 1. The molecule has 25 heavy (non-hydrogen) atoms. The summed E-state index contributed by atoms with van der Waals surface area (Å²) in [6, 6.07) is 0. The fraction of sp³-hybridized carbons (Fsp3) is 0.857. The van der Waals surface area contributed by atoms with Crippen LogP contribution < -0.4 is 0 Å². The quantitative estimate of drug-likeness (QED) is 0.762. The van der Waals surface area contributed by atoms with Crippen molar-refractivity contribution in [2.24, 2.45) is 28.6 Å². The van der Waals surface area contributed by atoms with E-state index in [2.05, 4.69) is 19.9 Å². The molecule has 0 amide bonds. The van der Waals surface area contributed by atoms with Gasteiger partial charge in [-0.2, -0.15) is 0 Å². The van der Waals surface area contributed by atoms with Crippen molar-refractivity contribution < 1.29 is 19.7 Å². The minimum atomic E-state index is -0.887. The molecule has 4 rings (SSSR count). The number of carboxylic acid groups (broad SMARTS) is 1. The second-order valence-corrected chi connectivity index (χ2v) is 9.44. The van der Waals surface area contributed by atoms with E-state index in [4.69, 9.17) is 9.84 Å². The van der Waals surface area contributed by atoms with Crippen LogP contribution in [-0.2, 0) is 9.53 Å². The number of rotatable bonds is 3. The zero-order valence-electron chi connectivity index (χ0n) is 15.5. The van der Waals surface area contributed by atoms with E-state index in [1.165, 1.54) is 24.8 Å².